The summed E-state index contributed by atoms with van der Waals surface area (Å²) in [7, 11) is 1.63. The molecule has 3 aromatic rings. The zero-order valence-electron chi connectivity index (χ0n) is 20.5. The van der Waals surface area contributed by atoms with Crippen LogP contribution in [0.3, 0.4) is 0 Å². The van der Waals surface area contributed by atoms with Gasteiger partial charge in [-0.15, -0.1) is 0 Å². The third kappa shape index (κ3) is 5.28. The Hall–Kier alpha value is -3.51. The van der Waals surface area contributed by atoms with Gasteiger partial charge in [-0.25, -0.2) is 4.79 Å². The zero-order chi connectivity index (χ0) is 25.3. The minimum absolute atomic E-state index is 0.0912. The highest BCUT2D eigenvalue weighted by Gasteiger charge is 2.36. The fourth-order valence-corrected chi connectivity index (χ4v) is 4.59. The van der Waals surface area contributed by atoms with Crippen molar-refractivity contribution in [3.63, 3.8) is 0 Å². The van der Waals surface area contributed by atoms with Crippen molar-refractivity contribution in [2.24, 2.45) is 0 Å². The summed E-state index contributed by atoms with van der Waals surface area (Å²) in [6.45, 7) is 7.79. The number of anilines is 1. The van der Waals surface area contributed by atoms with Gasteiger partial charge < -0.3 is 14.4 Å². The highest BCUT2D eigenvalue weighted by Crippen LogP contribution is 2.39. The number of rotatable bonds is 5. The molecule has 2 amide bonds. The van der Waals surface area contributed by atoms with E-state index >= 15 is 0 Å². The standard InChI is InChI=1S/C28H29ClN2O4/c1-17-14-19(12-13-24(17)34-5)25(31-16-22-21(26(31)32)10-7-11-23(22)29)18-8-6-9-20(15-18)30-27(33)35-28(2,3)4/h6-15,25H,16H2,1-5H3,(H,30,33). The van der Waals surface area contributed by atoms with Gasteiger partial charge in [-0.2, -0.15) is 0 Å². The molecule has 0 saturated carbocycles. The number of methoxy groups -OCH3 is 1. The van der Waals surface area contributed by atoms with Crippen LogP contribution < -0.4 is 10.1 Å². The Morgan fingerprint density at radius 1 is 1.06 bits per heavy atom. The zero-order valence-corrected chi connectivity index (χ0v) is 21.3. The molecule has 6 nitrogen and oxygen atoms in total. The van der Waals surface area contributed by atoms with Crippen molar-refractivity contribution in [2.75, 3.05) is 12.4 Å². The van der Waals surface area contributed by atoms with E-state index in [2.05, 4.69) is 5.32 Å². The molecule has 0 saturated heterocycles. The van der Waals surface area contributed by atoms with E-state index in [9.17, 15) is 9.59 Å². The average molecular weight is 493 g/mol. The average Bonchev–Trinajstić information content (AvgIpc) is 3.11. The van der Waals surface area contributed by atoms with E-state index in [1.165, 1.54) is 0 Å². The van der Waals surface area contributed by atoms with Gasteiger partial charge in [0.1, 0.15) is 11.4 Å². The van der Waals surface area contributed by atoms with E-state index < -0.39 is 17.7 Å². The van der Waals surface area contributed by atoms with Gasteiger partial charge in [-0.1, -0.05) is 35.9 Å². The Morgan fingerprint density at radius 3 is 2.43 bits per heavy atom. The Labute approximate surface area is 210 Å². The SMILES string of the molecule is COc1ccc(C(c2cccc(NC(=O)OC(C)(C)C)c2)N2Cc3c(Cl)cccc3C2=O)cc1C. The first kappa shape index (κ1) is 24.6. The van der Waals surface area contributed by atoms with Crippen molar-refractivity contribution >= 4 is 29.3 Å². The van der Waals surface area contributed by atoms with E-state index in [1.807, 2.05) is 69.0 Å². The predicted molar refractivity (Wildman–Crippen MR) is 137 cm³/mol. The lowest BCUT2D eigenvalue weighted by Crippen LogP contribution is -2.30. The summed E-state index contributed by atoms with van der Waals surface area (Å²) in [4.78, 5) is 27.7. The van der Waals surface area contributed by atoms with Crippen LogP contribution in [-0.2, 0) is 11.3 Å². The van der Waals surface area contributed by atoms with Crippen molar-refractivity contribution in [3.05, 3.63) is 93.5 Å². The number of carbonyl (C=O) groups is 2. The molecule has 1 heterocycles. The number of nitrogens with zero attached hydrogens (tertiary/aromatic N) is 1. The van der Waals surface area contributed by atoms with Gasteiger partial charge in [-0.05, 0) is 80.8 Å². The number of amides is 2. The number of nitrogens with one attached hydrogen (secondary N) is 1. The number of benzene rings is 3. The van der Waals surface area contributed by atoms with Crippen LogP contribution in [0, 0.1) is 6.92 Å². The third-order valence-corrected chi connectivity index (χ3v) is 6.19. The van der Waals surface area contributed by atoms with Crippen LogP contribution in [0.4, 0.5) is 10.5 Å². The maximum Gasteiger partial charge on any atom is 0.412 e. The van der Waals surface area contributed by atoms with Crippen molar-refractivity contribution in [1.29, 1.82) is 0 Å². The highest BCUT2D eigenvalue weighted by molar-refractivity contribution is 6.32. The summed E-state index contributed by atoms with van der Waals surface area (Å²) in [5.41, 5.74) is 4.12. The van der Waals surface area contributed by atoms with E-state index in [0.717, 1.165) is 28.0 Å². The maximum atomic E-state index is 13.5. The van der Waals surface area contributed by atoms with E-state index in [0.29, 0.717) is 22.8 Å². The van der Waals surface area contributed by atoms with Crippen LogP contribution in [0.2, 0.25) is 5.02 Å². The van der Waals surface area contributed by atoms with Crippen molar-refractivity contribution in [2.45, 2.75) is 45.9 Å². The van der Waals surface area contributed by atoms with Gasteiger partial charge in [0, 0.05) is 28.4 Å². The molecule has 0 aliphatic carbocycles. The maximum absolute atomic E-state index is 13.5. The van der Waals surface area contributed by atoms with Crippen molar-refractivity contribution in [1.82, 2.24) is 4.90 Å². The molecule has 0 radical (unpaired) electrons. The number of halogens is 1. The van der Waals surface area contributed by atoms with Gasteiger partial charge in [0.25, 0.3) is 5.91 Å². The van der Waals surface area contributed by atoms with Crippen molar-refractivity contribution in [3.8, 4) is 5.75 Å². The monoisotopic (exact) mass is 492 g/mol. The highest BCUT2D eigenvalue weighted by atomic mass is 35.5. The largest absolute Gasteiger partial charge is 0.496 e. The summed E-state index contributed by atoms with van der Waals surface area (Å²) in [6, 6.07) is 18.3. The van der Waals surface area contributed by atoms with Crippen LogP contribution in [0.25, 0.3) is 0 Å². The third-order valence-electron chi connectivity index (χ3n) is 5.83. The molecule has 1 N–H and O–H groups in total. The Bertz CT molecular complexity index is 1280. The van der Waals surface area contributed by atoms with Crippen LogP contribution in [0.1, 0.15) is 59.4 Å². The Morgan fingerprint density at radius 2 is 1.77 bits per heavy atom. The summed E-state index contributed by atoms with van der Waals surface area (Å²) < 4.78 is 10.8. The first-order valence-electron chi connectivity index (χ1n) is 11.4. The molecule has 0 bridgehead atoms. The fourth-order valence-electron chi connectivity index (χ4n) is 4.36. The molecular weight excluding hydrogens is 464 g/mol. The molecule has 1 aliphatic rings. The molecule has 0 fully saturated rings. The number of fused-ring (bicyclic) bond motifs is 1. The molecule has 1 unspecified atom stereocenters. The molecular formula is C28H29ClN2O4. The lowest BCUT2D eigenvalue weighted by atomic mass is 9.95. The normalized spacial score (nSPS) is 13.9. The summed E-state index contributed by atoms with van der Waals surface area (Å²) >= 11 is 6.44. The second-order valence-corrected chi connectivity index (χ2v) is 9.99. The Kier molecular flexibility index (Phi) is 6.77. The van der Waals surface area contributed by atoms with Gasteiger partial charge >= 0.3 is 6.09 Å². The topological polar surface area (TPSA) is 67.9 Å². The summed E-state index contributed by atoms with van der Waals surface area (Å²) in [6.07, 6.45) is -0.539. The Balaban J connectivity index is 1.75. The number of hydrogen-bond donors (Lipinski definition) is 1. The molecule has 0 spiro atoms. The lowest BCUT2D eigenvalue weighted by molar-refractivity contribution is 0.0634. The van der Waals surface area contributed by atoms with Crippen molar-refractivity contribution < 1.29 is 19.1 Å². The van der Waals surface area contributed by atoms with Crippen LogP contribution in [-0.4, -0.2) is 29.6 Å². The number of ether oxygens (including phenoxy) is 2. The van der Waals surface area contributed by atoms with Crippen LogP contribution in [0.5, 0.6) is 5.75 Å². The minimum atomic E-state index is -0.613. The minimum Gasteiger partial charge on any atom is -0.496 e. The molecule has 4 rings (SSSR count). The number of aryl methyl sites for hydroxylation is 1. The van der Waals surface area contributed by atoms with E-state index in [4.69, 9.17) is 21.1 Å². The molecule has 7 heteroatoms. The number of hydrogen-bond acceptors (Lipinski definition) is 4. The fraction of sp³-hybridized carbons (Fsp3) is 0.286. The second kappa shape index (κ2) is 9.62. The van der Waals surface area contributed by atoms with E-state index in [-0.39, 0.29) is 5.91 Å². The molecule has 1 atom stereocenters. The number of carbonyl (C=O) groups excluding carboxylic acids is 2. The summed E-state index contributed by atoms with van der Waals surface area (Å²) in [5.74, 6) is 0.679. The van der Waals surface area contributed by atoms with Gasteiger partial charge in [0.05, 0.1) is 13.2 Å². The molecule has 1 aliphatic heterocycles. The molecule has 3 aromatic carbocycles. The molecule has 35 heavy (non-hydrogen) atoms. The van der Waals surface area contributed by atoms with E-state index in [1.54, 1.807) is 31.4 Å². The molecule has 182 valence electrons. The van der Waals surface area contributed by atoms with Gasteiger partial charge in [-0.3, -0.25) is 10.1 Å². The van der Waals surface area contributed by atoms with Crippen LogP contribution >= 0.6 is 11.6 Å². The first-order chi connectivity index (χ1) is 16.6. The second-order valence-electron chi connectivity index (χ2n) is 9.58. The quantitative estimate of drug-likeness (QED) is 0.427. The molecule has 0 aromatic heterocycles. The lowest BCUT2D eigenvalue weighted by Gasteiger charge is -2.30. The first-order valence-corrected chi connectivity index (χ1v) is 11.8. The predicted octanol–water partition coefficient (Wildman–Crippen LogP) is 6.75. The van der Waals surface area contributed by atoms with Gasteiger partial charge in [0.15, 0.2) is 0 Å². The van der Waals surface area contributed by atoms with Gasteiger partial charge in [0.2, 0.25) is 0 Å². The summed E-state index contributed by atoms with van der Waals surface area (Å²) in [5, 5.41) is 3.37. The van der Waals surface area contributed by atoms with Crippen LogP contribution in [0.15, 0.2) is 60.7 Å². The smallest absolute Gasteiger partial charge is 0.412 e.